The maximum Gasteiger partial charge on any atom is 0.220 e. The van der Waals surface area contributed by atoms with Gasteiger partial charge in [-0.15, -0.1) is 0 Å². The number of rotatable bonds is 8. The van der Waals surface area contributed by atoms with Crippen molar-refractivity contribution >= 4 is 5.91 Å². The summed E-state index contributed by atoms with van der Waals surface area (Å²) in [5, 5.41) is 3.00. The quantitative estimate of drug-likeness (QED) is 0.794. The molecular formula is C19H30N2O3. The molecule has 1 N–H and O–H groups in total. The molecule has 1 saturated heterocycles. The van der Waals surface area contributed by atoms with Crippen LogP contribution in [0.15, 0.2) is 18.2 Å². The van der Waals surface area contributed by atoms with Gasteiger partial charge in [0.05, 0.1) is 14.2 Å². The van der Waals surface area contributed by atoms with Crippen LogP contribution in [-0.4, -0.2) is 44.7 Å². The van der Waals surface area contributed by atoms with Gasteiger partial charge in [-0.05, 0) is 50.4 Å². The van der Waals surface area contributed by atoms with Crippen molar-refractivity contribution in [3.05, 3.63) is 23.8 Å². The molecule has 0 spiro atoms. The number of methoxy groups -OCH3 is 2. The van der Waals surface area contributed by atoms with E-state index in [2.05, 4.69) is 17.1 Å². The first-order chi connectivity index (χ1) is 11.7. The molecule has 1 aromatic carbocycles. The van der Waals surface area contributed by atoms with Crippen LogP contribution in [0.5, 0.6) is 11.5 Å². The zero-order chi connectivity index (χ0) is 17.4. The topological polar surface area (TPSA) is 50.8 Å². The van der Waals surface area contributed by atoms with Gasteiger partial charge in [-0.3, -0.25) is 4.79 Å². The first-order valence-electron chi connectivity index (χ1n) is 8.86. The Labute approximate surface area is 145 Å². The Balaban J connectivity index is 1.77. The number of hydrogen-bond donors (Lipinski definition) is 1. The molecule has 0 saturated carbocycles. The predicted molar refractivity (Wildman–Crippen MR) is 95.5 cm³/mol. The smallest absolute Gasteiger partial charge is 0.220 e. The summed E-state index contributed by atoms with van der Waals surface area (Å²) >= 11 is 0. The lowest BCUT2D eigenvalue weighted by Crippen LogP contribution is -2.35. The van der Waals surface area contributed by atoms with Crippen LogP contribution in [-0.2, 0) is 11.3 Å². The fourth-order valence-corrected chi connectivity index (χ4v) is 3.29. The maximum atomic E-state index is 12.1. The molecule has 2 rings (SSSR count). The summed E-state index contributed by atoms with van der Waals surface area (Å²) in [6, 6.07) is 5.65. The lowest BCUT2D eigenvalue weighted by atomic mass is 9.93. The molecule has 0 bridgehead atoms. The number of hydrogen-bond acceptors (Lipinski definition) is 4. The number of ether oxygens (including phenoxy) is 2. The monoisotopic (exact) mass is 334 g/mol. The van der Waals surface area contributed by atoms with E-state index in [1.807, 2.05) is 18.2 Å². The van der Waals surface area contributed by atoms with Gasteiger partial charge >= 0.3 is 0 Å². The van der Waals surface area contributed by atoms with E-state index in [4.69, 9.17) is 9.47 Å². The Morgan fingerprint density at radius 2 is 2.17 bits per heavy atom. The van der Waals surface area contributed by atoms with Crippen LogP contribution in [0.2, 0.25) is 0 Å². The van der Waals surface area contributed by atoms with Crippen LogP contribution in [0, 0.1) is 5.92 Å². The lowest BCUT2D eigenvalue weighted by Gasteiger charge is -2.31. The van der Waals surface area contributed by atoms with E-state index in [0.717, 1.165) is 36.6 Å². The van der Waals surface area contributed by atoms with Crippen LogP contribution < -0.4 is 14.8 Å². The summed E-state index contributed by atoms with van der Waals surface area (Å²) in [5.41, 5.74) is 0.960. The summed E-state index contributed by atoms with van der Waals surface area (Å²) in [6.07, 6.45) is 4.07. The molecule has 0 radical (unpaired) electrons. The highest BCUT2D eigenvalue weighted by Gasteiger charge is 2.19. The highest BCUT2D eigenvalue weighted by molar-refractivity contribution is 5.75. The van der Waals surface area contributed by atoms with E-state index in [9.17, 15) is 4.79 Å². The minimum Gasteiger partial charge on any atom is -0.497 e. The molecule has 0 aromatic heterocycles. The average molecular weight is 334 g/mol. The molecule has 0 aliphatic carbocycles. The summed E-state index contributed by atoms with van der Waals surface area (Å²) < 4.78 is 10.6. The van der Waals surface area contributed by atoms with Gasteiger partial charge in [-0.2, -0.15) is 0 Å². The molecule has 5 heteroatoms. The summed E-state index contributed by atoms with van der Waals surface area (Å²) in [4.78, 5) is 14.6. The molecule has 1 aliphatic heterocycles. The normalized spacial score (nSPS) is 18.2. The number of nitrogens with zero attached hydrogens (tertiary/aromatic N) is 1. The van der Waals surface area contributed by atoms with Crippen LogP contribution >= 0.6 is 0 Å². The van der Waals surface area contributed by atoms with Crippen LogP contribution in [0.3, 0.4) is 0 Å². The highest BCUT2D eigenvalue weighted by atomic mass is 16.5. The maximum absolute atomic E-state index is 12.1. The number of benzene rings is 1. The van der Waals surface area contributed by atoms with Gasteiger partial charge in [0.25, 0.3) is 0 Å². The van der Waals surface area contributed by atoms with Crippen molar-refractivity contribution in [3.8, 4) is 11.5 Å². The third kappa shape index (κ3) is 5.41. The molecule has 5 nitrogen and oxygen atoms in total. The number of piperidine rings is 1. The van der Waals surface area contributed by atoms with E-state index < -0.39 is 0 Å². The number of amides is 1. The van der Waals surface area contributed by atoms with Gasteiger partial charge in [0.1, 0.15) is 11.5 Å². The second-order valence-corrected chi connectivity index (χ2v) is 6.39. The van der Waals surface area contributed by atoms with E-state index in [-0.39, 0.29) is 5.91 Å². The number of carbonyl (C=O) groups is 1. The Morgan fingerprint density at radius 1 is 1.33 bits per heavy atom. The minimum atomic E-state index is 0.112. The van der Waals surface area contributed by atoms with Gasteiger partial charge in [-0.25, -0.2) is 0 Å². The van der Waals surface area contributed by atoms with Crippen molar-refractivity contribution in [1.29, 1.82) is 0 Å². The molecule has 0 unspecified atom stereocenters. The van der Waals surface area contributed by atoms with E-state index in [0.29, 0.717) is 18.9 Å². The Hall–Kier alpha value is -1.75. The second-order valence-electron chi connectivity index (χ2n) is 6.39. The van der Waals surface area contributed by atoms with Gasteiger partial charge in [0, 0.05) is 31.1 Å². The second kappa shape index (κ2) is 9.52. The SMILES string of the molecule is CCN1CCC[C@H](CCC(=O)NCc2ccc(OC)cc2OC)C1. The first kappa shape index (κ1) is 18.6. The largest absolute Gasteiger partial charge is 0.497 e. The van der Waals surface area contributed by atoms with Crippen molar-refractivity contribution < 1.29 is 14.3 Å². The molecule has 1 fully saturated rings. The lowest BCUT2D eigenvalue weighted by molar-refractivity contribution is -0.121. The minimum absolute atomic E-state index is 0.112. The van der Waals surface area contributed by atoms with E-state index in [1.54, 1.807) is 14.2 Å². The van der Waals surface area contributed by atoms with Crippen molar-refractivity contribution in [2.45, 2.75) is 39.2 Å². The van der Waals surface area contributed by atoms with Crippen LogP contribution in [0.25, 0.3) is 0 Å². The number of nitrogens with one attached hydrogen (secondary N) is 1. The van der Waals surface area contributed by atoms with Crippen molar-refractivity contribution in [3.63, 3.8) is 0 Å². The van der Waals surface area contributed by atoms with Gasteiger partial charge in [-0.1, -0.05) is 6.92 Å². The Morgan fingerprint density at radius 3 is 2.88 bits per heavy atom. The fourth-order valence-electron chi connectivity index (χ4n) is 3.29. The predicted octanol–water partition coefficient (Wildman–Crippen LogP) is 2.83. The standard InChI is InChI=1S/C19H30N2O3/c1-4-21-11-5-6-15(14-21)7-10-19(22)20-13-16-8-9-17(23-2)12-18(16)24-3/h8-9,12,15H,4-7,10-11,13-14H2,1-3H3,(H,20,22)/t15-/m1/s1. The molecule has 24 heavy (non-hydrogen) atoms. The first-order valence-corrected chi connectivity index (χ1v) is 8.86. The van der Waals surface area contributed by atoms with Gasteiger partial charge in [0.15, 0.2) is 0 Å². The molecule has 1 aromatic rings. The highest BCUT2D eigenvalue weighted by Crippen LogP contribution is 2.24. The third-order valence-corrected chi connectivity index (χ3v) is 4.80. The van der Waals surface area contributed by atoms with E-state index >= 15 is 0 Å². The average Bonchev–Trinajstić information content (AvgIpc) is 2.64. The zero-order valence-electron chi connectivity index (χ0n) is 15.1. The Kier molecular flexibility index (Phi) is 7.37. The van der Waals surface area contributed by atoms with Gasteiger partial charge in [0.2, 0.25) is 5.91 Å². The number of carbonyl (C=O) groups excluding carboxylic acids is 1. The Bertz CT molecular complexity index is 533. The molecule has 1 amide bonds. The van der Waals surface area contributed by atoms with Crippen molar-refractivity contribution in [1.82, 2.24) is 10.2 Å². The van der Waals surface area contributed by atoms with Crippen LogP contribution in [0.4, 0.5) is 0 Å². The van der Waals surface area contributed by atoms with E-state index in [1.165, 1.54) is 19.4 Å². The molecular weight excluding hydrogens is 304 g/mol. The summed E-state index contributed by atoms with van der Waals surface area (Å²) in [6.45, 7) is 6.14. The number of likely N-dealkylation sites (tertiary alicyclic amines) is 1. The van der Waals surface area contributed by atoms with Crippen molar-refractivity contribution in [2.24, 2.45) is 5.92 Å². The zero-order valence-corrected chi connectivity index (χ0v) is 15.1. The summed E-state index contributed by atoms with van der Waals surface area (Å²) in [5.74, 6) is 2.25. The molecule has 1 aliphatic rings. The fraction of sp³-hybridized carbons (Fsp3) is 0.632. The third-order valence-electron chi connectivity index (χ3n) is 4.80. The molecule has 134 valence electrons. The molecule has 1 atom stereocenters. The van der Waals surface area contributed by atoms with Crippen LogP contribution in [0.1, 0.15) is 38.2 Å². The van der Waals surface area contributed by atoms with Crippen molar-refractivity contribution in [2.75, 3.05) is 33.9 Å². The molecule has 1 heterocycles. The summed E-state index contributed by atoms with van der Waals surface area (Å²) in [7, 11) is 3.25. The van der Waals surface area contributed by atoms with Gasteiger partial charge < -0.3 is 19.7 Å².